The Morgan fingerprint density at radius 2 is 0.688 bits per heavy atom. The van der Waals surface area contributed by atoms with E-state index in [1.165, 1.54) is 66.1 Å². The predicted octanol–water partition coefficient (Wildman–Crippen LogP) is 20.6. The van der Waals surface area contributed by atoms with E-state index < -0.39 is 0 Å². The van der Waals surface area contributed by atoms with Gasteiger partial charge in [-0.15, -0.1) is 0 Å². The fourth-order valence-electron chi connectivity index (χ4n) is 12.6. The van der Waals surface area contributed by atoms with Gasteiger partial charge in [-0.3, -0.25) is 0 Å². The maximum absolute atomic E-state index is 2.44. The summed E-state index contributed by atoms with van der Waals surface area (Å²) in [6.07, 6.45) is 4.58. The zero-order valence-corrected chi connectivity index (χ0v) is 42.8. The molecule has 0 bridgehead atoms. The molecule has 4 nitrogen and oxygen atoms in total. The van der Waals surface area contributed by atoms with E-state index in [9.17, 15) is 0 Å². The standard InChI is InChI=1S/C73H52N4/c1-73(2)63-45-49(34-42-61(63)62-44-41-57(48-64(62)73)77-71-31-17-13-27-67(71)75(55-21-7-4-8-22-55)68-28-14-18-32-72(68)77)33-35-50-39-43-59(60-24-10-9-23-58(50)60)53-37-36-52-47-56(40-38-51(52)46-53)76-69-29-15-11-25-65(69)74(54-19-5-3-6-20-54)66-26-12-16-30-70(66)76/h3-48H,1-2H3/b35-33+. The van der Waals surface area contributed by atoms with Crippen molar-refractivity contribution in [3.05, 3.63) is 289 Å². The highest BCUT2D eigenvalue weighted by Gasteiger charge is 2.38. The van der Waals surface area contributed by atoms with Gasteiger partial charge in [-0.25, -0.2) is 0 Å². The molecular weight excluding hydrogens is 933 g/mol. The molecule has 12 aromatic carbocycles. The fourth-order valence-corrected chi connectivity index (χ4v) is 12.6. The van der Waals surface area contributed by atoms with Crippen LogP contribution in [-0.4, -0.2) is 0 Å². The Morgan fingerprint density at radius 3 is 1.23 bits per heavy atom. The Hall–Kier alpha value is -9.90. The van der Waals surface area contributed by atoms with Crippen molar-refractivity contribution in [2.24, 2.45) is 0 Å². The average Bonchev–Trinajstić information content (AvgIpc) is 3.75. The Morgan fingerprint density at radius 1 is 0.286 bits per heavy atom. The van der Waals surface area contributed by atoms with Crippen LogP contribution in [0.1, 0.15) is 36.1 Å². The van der Waals surface area contributed by atoms with E-state index in [1.54, 1.807) is 0 Å². The smallest absolute Gasteiger partial charge is 0.0703 e. The van der Waals surface area contributed by atoms with E-state index in [1.807, 2.05) is 0 Å². The quantitative estimate of drug-likeness (QED) is 0.148. The second-order valence-electron chi connectivity index (χ2n) is 21.0. The second kappa shape index (κ2) is 17.6. The summed E-state index contributed by atoms with van der Waals surface area (Å²) >= 11 is 0. The van der Waals surface area contributed by atoms with Gasteiger partial charge in [0.15, 0.2) is 0 Å². The third kappa shape index (κ3) is 7.14. The lowest BCUT2D eigenvalue weighted by Crippen LogP contribution is -2.24. The number of fused-ring (bicyclic) bond motifs is 9. The Kier molecular flexibility index (Phi) is 10.2. The maximum atomic E-state index is 2.44. The molecule has 0 spiro atoms. The summed E-state index contributed by atoms with van der Waals surface area (Å²) in [5.74, 6) is 0. The first-order chi connectivity index (χ1) is 38.0. The van der Waals surface area contributed by atoms with Gasteiger partial charge in [0.05, 0.1) is 45.5 Å². The van der Waals surface area contributed by atoms with Gasteiger partial charge < -0.3 is 19.6 Å². The third-order valence-corrected chi connectivity index (χ3v) is 16.2. The lowest BCUT2D eigenvalue weighted by Gasteiger charge is -2.40. The molecule has 0 unspecified atom stereocenters. The minimum atomic E-state index is -0.208. The van der Waals surface area contributed by atoms with E-state index in [4.69, 9.17) is 0 Å². The molecule has 0 aromatic heterocycles. The molecule has 12 aromatic rings. The van der Waals surface area contributed by atoms with E-state index in [-0.39, 0.29) is 5.41 Å². The van der Waals surface area contributed by atoms with Crippen molar-refractivity contribution in [2.75, 3.05) is 19.6 Å². The second-order valence-corrected chi connectivity index (χ2v) is 21.0. The van der Waals surface area contributed by atoms with Crippen LogP contribution < -0.4 is 19.6 Å². The molecule has 364 valence electrons. The lowest BCUT2D eigenvalue weighted by molar-refractivity contribution is 0.660. The Labute approximate surface area is 449 Å². The normalized spacial score (nSPS) is 13.8. The Balaban J connectivity index is 0.724. The van der Waals surface area contributed by atoms with Gasteiger partial charge in [0.25, 0.3) is 0 Å². The van der Waals surface area contributed by atoms with Crippen LogP contribution in [0.2, 0.25) is 0 Å². The number of hydrogen-bond acceptors (Lipinski definition) is 4. The minimum Gasteiger partial charge on any atom is -0.306 e. The van der Waals surface area contributed by atoms with Crippen molar-refractivity contribution in [3.8, 4) is 22.3 Å². The lowest BCUT2D eigenvalue weighted by atomic mass is 9.81. The van der Waals surface area contributed by atoms with Crippen molar-refractivity contribution in [2.45, 2.75) is 19.3 Å². The van der Waals surface area contributed by atoms with Crippen LogP contribution in [0, 0.1) is 0 Å². The zero-order valence-electron chi connectivity index (χ0n) is 42.8. The highest BCUT2D eigenvalue weighted by Crippen LogP contribution is 2.57. The molecule has 2 heterocycles. The summed E-state index contributed by atoms with van der Waals surface area (Å²) < 4.78 is 0. The topological polar surface area (TPSA) is 13.0 Å². The monoisotopic (exact) mass is 984 g/mol. The summed E-state index contributed by atoms with van der Waals surface area (Å²) in [6.45, 7) is 4.77. The van der Waals surface area contributed by atoms with Gasteiger partial charge in [-0.1, -0.05) is 190 Å². The number of nitrogens with zero attached hydrogens (tertiary/aromatic N) is 4. The van der Waals surface area contributed by atoms with Crippen LogP contribution in [0.5, 0.6) is 0 Å². The van der Waals surface area contributed by atoms with Crippen molar-refractivity contribution in [1.82, 2.24) is 0 Å². The fraction of sp³-hybridized carbons (Fsp3) is 0.0411. The number of anilines is 12. The van der Waals surface area contributed by atoms with E-state index in [0.717, 1.165) is 68.2 Å². The first kappa shape index (κ1) is 44.6. The first-order valence-corrected chi connectivity index (χ1v) is 26.7. The van der Waals surface area contributed by atoms with Crippen LogP contribution in [0.3, 0.4) is 0 Å². The number of hydrogen-bond donors (Lipinski definition) is 0. The zero-order chi connectivity index (χ0) is 51.2. The summed E-state index contributed by atoms with van der Waals surface area (Å²) in [6, 6.07) is 97.7. The highest BCUT2D eigenvalue weighted by molar-refractivity contribution is 6.06. The summed E-state index contributed by atoms with van der Waals surface area (Å²) in [5.41, 5.74) is 23.7. The van der Waals surface area contributed by atoms with Crippen LogP contribution in [-0.2, 0) is 5.41 Å². The molecule has 0 saturated heterocycles. The molecule has 3 aliphatic rings. The molecule has 0 saturated carbocycles. The number of rotatable bonds is 7. The van der Waals surface area contributed by atoms with Gasteiger partial charge in [-0.05, 0) is 169 Å². The highest BCUT2D eigenvalue weighted by atomic mass is 15.3. The largest absolute Gasteiger partial charge is 0.306 e. The molecule has 0 radical (unpaired) electrons. The van der Waals surface area contributed by atoms with Crippen LogP contribution in [0.4, 0.5) is 68.2 Å². The van der Waals surface area contributed by atoms with Crippen LogP contribution >= 0.6 is 0 Å². The van der Waals surface area contributed by atoms with Crippen molar-refractivity contribution in [1.29, 1.82) is 0 Å². The van der Waals surface area contributed by atoms with Gasteiger partial charge in [0.2, 0.25) is 0 Å². The third-order valence-electron chi connectivity index (χ3n) is 16.2. The van der Waals surface area contributed by atoms with Gasteiger partial charge in [0, 0.05) is 28.2 Å². The van der Waals surface area contributed by atoms with Gasteiger partial charge in [0.1, 0.15) is 0 Å². The molecule has 77 heavy (non-hydrogen) atoms. The molecule has 4 heteroatoms. The van der Waals surface area contributed by atoms with E-state index in [0.29, 0.717) is 0 Å². The molecular formula is C73H52N4. The van der Waals surface area contributed by atoms with E-state index >= 15 is 0 Å². The molecule has 0 N–H and O–H groups in total. The average molecular weight is 985 g/mol. The van der Waals surface area contributed by atoms with Crippen molar-refractivity contribution < 1.29 is 0 Å². The predicted molar refractivity (Wildman–Crippen MR) is 326 cm³/mol. The van der Waals surface area contributed by atoms with Crippen molar-refractivity contribution >= 4 is 102 Å². The van der Waals surface area contributed by atoms with E-state index in [2.05, 4.69) is 313 Å². The van der Waals surface area contributed by atoms with Gasteiger partial charge in [-0.2, -0.15) is 0 Å². The van der Waals surface area contributed by atoms with Crippen molar-refractivity contribution in [3.63, 3.8) is 0 Å². The number of para-hydroxylation sites is 10. The summed E-state index contributed by atoms with van der Waals surface area (Å²) in [7, 11) is 0. The molecule has 1 aliphatic carbocycles. The number of benzene rings is 12. The summed E-state index contributed by atoms with van der Waals surface area (Å²) in [5, 5.41) is 4.88. The molecule has 0 atom stereocenters. The maximum Gasteiger partial charge on any atom is 0.0703 e. The molecule has 0 amide bonds. The molecule has 2 aliphatic heterocycles. The van der Waals surface area contributed by atoms with Crippen LogP contribution in [0.25, 0.3) is 56.0 Å². The Bertz CT molecular complexity index is 4250. The minimum absolute atomic E-state index is 0.208. The van der Waals surface area contributed by atoms with Crippen LogP contribution in [0.15, 0.2) is 267 Å². The van der Waals surface area contributed by atoms with Gasteiger partial charge >= 0.3 is 0 Å². The molecule has 15 rings (SSSR count). The SMILES string of the molecule is CC1(C)c2cc(/C=C/c3ccc(-c4ccc5cc(N6c7ccccc7N(c7ccccc7)c7ccccc76)ccc5c4)c4ccccc34)ccc2-c2ccc(N3c4ccccc4N(c4ccccc4)c4ccccc43)cc21. The summed E-state index contributed by atoms with van der Waals surface area (Å²) in [4.78, 5) is 9.60. The molecule has 0 fully saturated rings. The first-order valence-electron chi connectivity index (χ1n) is 26.7.